The summed E-state index contributed by atoms with van der Waals surface area (Å²) in [5, 5.41) is 9.08. The van der Waals surface area contributed by atoms with Crippen LogP contribution in [0, 0.1) is 13.8 Å². The lowest BCUT2D eigenvalue weighted by Crippen LogP contribution is -2.16. The van der Waals surface area contributed by atoms with Gasteiger partial charge in [0.05, 0.1) is 12.2 Å². The Bertz CT molecular complexity index is 1130. The zero-order valence-electron chi connectivity index (χ0n) is 17.4. The summed E-state index contributed by atoms with van der Waals surface area (Å²) in [5.41, 5.74) is 4.01. The van der Waals surface area contributed by atoms with E-state index in [2.05, 4.69) is 0 Å². The van der Waals surface area contributed by atoms with Gasteiger partial charge >= 0.3 is 5.97 Å². The van der Waals surface area contributed by atoms with Crippen LogP contribution in [0.25, 0.3) is 5.69 Å². The monoisotopic (exact) mass is 421 g/mol. The number of fused-ring (bicyclic) bond motifs is 1. The van der Waals surface area contributed by atoms with E-state index in [-0.39, 0.29) is 19.0 Å². The van der Waals surface area contributed by atoms with Crippen LogP contribution in [0.3, 0.4) is 0 Å². The summed E-state index contributed by atoms with van der Waals surface area (Å²) in [5.74, 6) is 0.508. The first-order chi connectivity index (χ1) is 15.0. The van der Waals surface area contributed by atoms with Gasteiger partial charge < -0.3 is 23.9 Å². The normalized spacial score (nSPS) is 12.5. The third-order valence-corrected chi connectivity index (χ3v) is 5.22. The van der Waals surface area contributed by atoms with Crippen LogP contribution >= 0.6 is 0 Å². The summed E-state index contributed by atoms with van der Waals surface area (Å²) < 4.78 is 18.4. The summed E-state index contributed by atoms with van der Waals surface area (Å²) in [6, 6.07) is 13.8. The van der Waals surface area contributed by atoms with Crippen LogP contribution in [0.1, 0.15) is 37.7 Å². The largest absolute Gasteiger partial charge is 0.486 e. The minimum absolute atomic E-state index is 0.104. The standard InChI is InChI=1S/C24H23NO6/c1-15-11-20(21(27)14-31-24(28)18-5-3-17(13-26)4-6-18)16(2)25(15)19-7-8-22-23(12-19)30-10-9-29-22/h3-8,11-12,26H,9-10,13-14H2,1-2H3. The maximum absolute atomic E-state index is 12.8. The van der Waals surface area contributed by atoms with Gasteiger partial charge in [0.15, 0.2) is 18.1 Å². The summed E-state index contributed by atoms with van der Waals surface area (Å²) in [7, 11) is 0. The molecule has 4 rings (SSSR count). The number of hydrogen-bond acceptors (Lipinski definition) is 6. The Morgan fingerprint density at radius 3 is 2.42 bits per heavy atom. The Morgan fingerprint density at radius 2 is 1.71 bits per heavy atom. The molecule has 0 spiro atoms. The first kappa shape index (κ1) is 20.7. The fourth-order valence-electron chi connectivity index (χ4n) is 3.65. The minimum Gasteiger partial charge on any atom is -0.486 e. The third-order valence-electron chi connectivity index (χ3n) is 5.22. The molecule has 31 heavy (non-hydrogen) atoms. The predicted molar refractivity (Wildman–Crippen MR) is 113 cm³/mol. The van der Waals surface area contributed by atoms with Gasteiger partial charge in [0.2, 0.25) is 5.78 Å². The number of aliphatic hydroxyl groups is 1. The maximum Gasteiger partial charge on any atom is 0.338 e. The van der Waals surface area contributed by atoms with Gasteiger partial charge in [-0.15, -0.1) is 0 Å². The average Bonchev–Trinajstić information content (AvgIpc) is 3.10. The minimum atomic E-state index is -0.585. The van der Waals surface area contributed by atoms with Crippen LogP contribution in [-0.2, 0) is 11.3 Å². The van der Waals surface area contributed by atoms with E-state index in [0.29, 0.717) is 41.4 Å². The molecular formula is C24H23NO6. The van der Waals surface area contributed by atoms with E-state index in [9.17, 15) is 9.59 Å². The molecule has 7 heteroatoms. The molecule has 7 nitrogen and oxygen atoms in total. The van der Waals surface area contributed by atoms with Crippen molar-refractivity contribution in [1.29, 1.82) is 0 Å². The lowest BCUT2D eigenvalue weighted by Gasteiger charge is -2.20. The van der Waals surface area contributed by atoms with Crippen LogP contribution in [0.4, 0.5) is 0 Å². The molecule has 160 valence electrons. The number of Topliss-reactive ketones (excluding diaryl/α,β-unsaturated/α-hetero) is 1. The second-order valence-electron chi connectivity index (χ2n) is 7.30. The van der Waals surface area contributed by atoms with Gasteiger partial charge in [0.25, 0.3) is 0 Å². The summed E-state index contributed by atoms with van der Waals surface area (Å²) >= 11 is 0. The highest BCUT2D eigenvalue weighted by Gasteiger charge is 2.20. The zero-order valence-corrected chi connectivity index (χ0v) is 17.4. The molecule has 0 bridgehead atoms. The first-order valence-corrected chi connectivity index (χ1v) is 9.97. The zero-order chi connectivity index (χ0) is 22.0. The molecule has 2 aromatic carbocycles. The number of carbonyl (C=O) groups excluding carboxylic acids is 2. The molecule has 0 unspecified atom stereocenters. The van der Waals surface area contributed by atoms with E-state index < -0.39 is 5.97 Å². The van der Waals surface area contributed by atoms with Crippen LogP contribution in [-0.4, -0.2) is 41.2 Å². The van der Waals surface area contributed by atoms with Crippen molar-refractivity contribution < 1.29 is 28.9 Å². The summed E-state index contributed by atoms with van der Waals surface area (Å²) in [4.78, 5) is 25.0. The van der Waals surface area contributed by atoms with Crippen LogP contribution < -0.4 is 9.47 Å². The van der Waals surface area contributed by atoms with E-state index in [1.807, 2.05) is 36.6 Å². The molecular weight excluding hydrogens is 398 g/mol. The lowest BCUT2D eigenvalue weighted by molar-refractivity contribution is 0.0474. The van der Waals surface area contributed by atoms with E-state index in [0.717, 1.165) is 17.1 Å². The Balaban J connectivity index is 1.50. The van der Waals surface area contributed by atoms with E-state index in [4.69, 9.17) is 19.3 Å². The van der Waals surface area contributed by atoms with Crippen molar-refractivity contribution in [1.82, 2.24) is 4.57 Å². The summed E-state index contributed by atoms with van der Waals surface area (Å²) in [6.07, 6.45) is 0. The van der Waals surface area contributed by atoms with Gasteiger partial charge in [0.1, 0.15) is 13.2 Å². The van der Waals surface area contributed by atoms with Gasteiger partial charge in [-0.3, -0.25) is 4.79 Å². The smallest absolute Gasteiger partial charge is 0.338 e. The number of esters is 1. The van der Waals surface area contributed by atoms with Crippen molar-refractivity contribution in [2.75, 3.05) is 19.8 Å². The second-order valence-corrected chi connectivity index (χ2v) is 7.30. The maximum atomic E-state index is 12.8. The van der Waals surface area contributed by atoms with Gasteiger partial charge in [-0.05, 0) is 49.7 Å². The third kappa shape index (κ3) is 4.18. The number of hydrogen-bond donors (Lipinski definition) is 1. The van der Waals surface area contributed by atoms with Crippen molar-refractivity contribution in [3.8, 4) is 17.2 Å². The Labute approximate surface area is 179 Å². The fraction of sp³-hybridized carbons (Fsp3) is 0.250. The molecule has 3 aromatic rings. The van der Waals surface area contributed by atoms with E-state index >= 15 is 0 Å². The molecule has 2 heterocycles. The number of ether oxygens (including phenoxy) is 3. The average molecular weight is 421 g/mol. The molecule has 0 amide bonds. The van der Waals surface area contributed by atoms with Gasteiger partial charge in [0, 0.05) is 28.7 Å². The topological polar surface area (TPSA) is 87.0 Å². The number of aromatic nitrogens is 1. The summed E-state index contributed by atoms with van der Waals surface area (Å²) in [6.45, 7) is 4.33. The molecule has 0 saturated heterocycles. The predicted octanol–water partition coefficient (Wildman–Crippen LogP) is 3.40. The number of ketones is 1. The fourth-order valence-corrected chi connectivity index (χ4v) is 3.65. The first-order valence-electron chi connectivity index (χ1n) is 9.97. The van der Waals surface area contributed by atoms with E-state index in [1.165, 1.54) is 0 Å². The number of aliphatic hydroxyl groups excluding tert-OH is 1. The Hall–Kier alpha value is -3.58. The van der Waals surface area contributed by atoms with Crippen molar-refractivity contribution in [2.45, 2.75) is 20.5 Å². The Kier molecular flexibility index (Phi) is 5.77. The van der Waals surface area contributed by atoms with Crippen molar-refractivity contribution in [3.63, 3.8) is 0 Å². The lowest BCUT2D eigenvalue weighted by atomic mass is 10.1. The van der Waals surface area contributed by atoms with Crippen LogP contribution in [0.15, 0.2) is 48.5 Å². The number of benzene rings is 2. The highest BCUT2D eigenvalue weighted by atomic mass is 16.6. The SMILES string of the molecule is Cc1cc(C(=O)COC(=O)c2ccc(CO)cc2)c(C)n1-c1ccc2c(c1)OCCO2. The highest BCUT2D eigenvalue weighted by Crippen LogP contribution is 2.33. The van der Waals surface area contributed by atoms with Crippen molar-refractivity contribution >= 4 is 11.8 Å². The molecule has 1 aliphatic rings. The second kappa shape index (κ2) is 8.65. The van der Waals surface area contributed by atoms with Crippen molar-refractivity contribution in [3.05, 3.63) is 76.6 Å². The Morgan fingerprint density at radius 1 is 1.00 bits per heavy atom. The van der Waals surface area contributed by atoms with Crippen LogP contribution in [0.2, 0.25) is 0 Å². The molecule has 0 saturated carbocycles. The molecule has 0 radical (unpaired) electrons. The van der Waals surface area contributed by atoms with Gasteiger partial charge in [-0.2, -0.15) is 0 Å². The molecule has 0 fully saturated rings. The number of rotatable bonds is 6. The number of nitrogens with zero attached hydrogens (tertiary/aromatic N) is 1. The van der Waals surface area contributed by atoms with Gasteiger partial charge in [-0.1, -0.05) is 12.1 Å². The highest BCUT2D eigenvalue weighted by molar-refractivity contribution is 6.00. The van der Waals surface area contributed by atoms with Gasteiger partial charge in [-0.25, -0.2) is 4.79 Å². The molecule has 0 aliphatic carbocycles. The molecule has 1 N–H and O–H groups in total. The molecule has 1 aromatic heterocycles. The molecule has 0 atom stereocenters. The van der Waals surface area contributed by atoms with E-state index in [1.54, 1.807) is 30.3 Å². The number of carbonyl (C=O) groups is 2. The number of aryl methyl sites for hydroxylation is 1. The quantitative estimate of drug-likeness (QED) is 0.485. The van der Waals surface area contributed by atoms with Crippen molar-refractivity contribution in [2.24, 2.45) is 0 Å². The molecule has 1 aliphatic heterocycles. The van der Waals surface area contributed by atoms with Crippen LogP contribution in [0.5, 0.6) is 11.5 Å².